The third-order valence-electron chi connectivity index (χ3n) is 3.57. The third kappa shape index (κ3) is 2.26. The molecular formula is C14H16N2S. The van der Waals surface area contributed by atoms with Crippen molar-refractivity contribution < 1.29 is 0 Å². The molecule has 1 atom stereocenters. The van der Waals surface area contributed by atoms with Crippen LogP contribution in [-0.4, -0.2) is 10.5 Å². The van der Waals surface area contributed by atoms with E-state index in [2.05, 4.69) is 34.6 Å². The van der Waals surface area contributed by atoms with Crippen LogP contribution in [0.5, 0.6) is 0 Å². The van der Waals surface area contributed by atoms with Crippen molar-refractivity contribution in [2.45, 2.75) is 31.2 Å². The first kappa shape index (κ1) is 10.9. The molecule has 0 bridgehead atoms. The first-order valence-corrected chi connectivity index (χ1v) is 6.92. The fourth-order valence-corrected chi connectivity index (χ4v) is 3.22. The maximum Gasteiger partial charge on any atom is 0.0794 e. The summed E-state index contributed by atoms with van der Waals surface area (Å²) in [7, 11) is 0. The Balaban J connectivity index is 1.82. The Morgan fingerprint density at radius 1 is 1.29 bits per heavy atom. The average molecular weight is 244 g/mol. The molecule has 1 unspecified atom stereocenters. The molecule has 1 aromatic carbocycles. The van der Waals surface area contributed by atoms with Gasteiger partial charge >= 0.3 is 0 Å². The monoisotopic (exact) mass is 244 g/mol. The number of rotatable bonds is 2. The van der Waals surface area contributed by atoms with Gasteiger partial charge in [-0.2, -0.15) is 0 Å². The van der Waals surface area contributed by atoms with E-state index >= 15 is 0 Å². The van der Waals surface area contributed by atoms with Crippen LogP contribution in [0.25, 0.3) is 0 Å². The Morgan fingerprint density at radius 2 is 2.12 bits per heavy atom. The van der Waals surface area contributed by atoms with Crippen molar-refractivity contribution in [3.05, 3.63) is 52.0 Å². The quantitative estimate of drug-likeness (QED) is 0.882. The summed E-state index contributed by atoms with van der Waals surface area (Å²) in [4.78, 5) is 4.35. The van der Waals surface area contributed by atoms with Crippen LogP contribution in [0, 0.1) is 0 Å². The first-order valence-electron chi connectivity index (χ1n) is 5.98. The predicted octanol–water partition coefficient (Wildman–Crippen LogP) is 2.57. The fraction of sp³-hybridized carbons (Fsp3) is 0.357. The smallest absolute Gasteiger partial charge is 0.0794 e. The predicted molar refractivity (Wildman–Crippen MR) is 71.2 cm³/mol. The van der Waals surface area contributed by atoms with Crippen LogP contribution >= 0.6 is 11.3 Å². The molecule has 0 fully saturated rings. The van der Waals surface area contributed by atoms with Crippen LogP contribution in [0.1, 0.15) is 23.2 Å². The van der Waals surface area contributed by atoms with E-state index in [9.17, 15) is 0 Å². The summed E-state index contributed by atoms with van der Waals surface area (Å²) in [6.07, 6.45) is 4.02. The minimum atomic E-state index is -0.109. The van der Waals surface area contributed by atoms with Gasteiger partial charge in [-0.05, 0) is 30.4 Å². The number of hydrogen-bond acceptors (Lipinski definition) is 3. The van der Waals surface area contributed by atoms with Gasteiger partial charge in [-0.25, -0.2) is 4.98 Å². The molecule has 17 heavy (non-hydrogen) atoms. The lowest BCUT2D eigenvalue weighted by atomic mass is 9.76. The number of benzene rings is 1. The maximum absolute atomic E-state index is 6.53. The van der Waals surface area contributed by atoms with Gasteiger partial charge in [0.25, 0.3) is 0 Å². The Bertz CT molecular complexity index is 507. The van der Waals surface area contributed by atoms with Crippen molar-refractivity contribution in [1.82, 2.24) is 4.98 Å². The first-order chi connectivity index (χ1) is 8.25. The van der Waals surface area contributed by atoms with Crippen LogP contribution < -0.4 is 5.73 Å². The Labute approximate surface area is 106 Å². The molecule has 88 valence electrons. The van der Waals surface area contributed by atoms with E-state index in [1.165, 1.54) is 11.1 Å². The summed E-state index contributed by atoms with van der Waals surface area (Å²) in [5, 5.41) is 2.11. The number of aromatic nitrogens is 1. The van der Waals surface area contributed by atoms with Crippen molar-refractivity contribution in [3.8, 4) is 0 Å². The summed E-state index contributed by atoms with van der Waals surface area (Å²) >= 11 is 1.65. The highest BCUT2D eigenvalue weighted by molar-refractivity contribution is 7.07. The molecule has 3 rings (SSSR count). The largest absolute Gasteiger partial charge is 0.324 e. The van der Waals surface area contributed by atoms with Crippen LogP contribution in [-0.2, 0) is 19.3 Å². The highest BCUT2D eigenvalue weighted by Crippen LogP contribution is 2.29. The highest BCUT2D eigenvalue weighted by Gasteiger charge is 2.30. The average Bonchev–Trinajstić information content (AvgIpc) is 2.81. The molecule has 3 heteroatoms. The highest BCUT2D eigenvalue weighted by atomic mass is 32.1. The van der Waals surface area contributed by atoms with Gasteiger partial charge in [0, 0.05) is 17.3 Å². The number of nitrogens with zero attached hydrogens (tertiary/aromatic N) is 1. The summed E-state index contributed by atoms with van der Waals surface area (Å²) < 4.78 is 0. The maximum atomic E-state index is 6.53. The minimum absolute atomic E-state index is 0.109. The van der Waals surface area contributed by atoms with Gasteiger partial charge in [0.2, 0.25) is 0 Å². The minimum Gasteiger partial charge on any atom is -0.324 e. The van der Waals surface area contributed by atoms with E-state index in [4.69, 9.17) is 5.73 Å². The van der Waals surface area contributed by atoms with Gasteiger partial charge in [-0.3, -0.25) is 0 Å². The Kier molecular flexibility index (Phi) is 2.73. The summed E-state index contributed by atoms with van der Waals surface area (Å²) in [5.74, 6) is 0. The summed E-state index contributed by atoms with van der Waals surface area (Å²) in [6.45, 7) is 0. The van der Waals surface area contributed by atoms with Crippen molar-refractivity contribution in [2.75, 3.05) is 0 Å². The molecule has 0 radical (unpaired) electrons. The Hall–Kier alpha value is -1.19. The standard InChI is InChI=1S/C14H16N2S/c15-14(8-13-9-17-10-16-13)6-5-11-3-1-2-4-12(11)7-14/h1-4,9-10H,5-8,15H2. The molecule has 0 aliphatic heterocycles. The second-order valence-corrected chi connectivity index (χ2v) is 5.68. The van der Waals surface area contributed by atoms with Crippen LogP contribution in [0.2, 0.25) is 0 Å². The summed E-state index contributed by atoms with van der Waals surface area (Å²) in [6, 6.07) is 8.64. The van der Waals surface area contributed by atoms with Crippen LogP contribution in [0.4, 0.5) is 0 Å². The van der Waals surface area contributed by atoms with Gasteiger partial charge in [0.1, 0.15) is 0 Å². The molecule has 1 aliphatic carbocycles. The number of nitrogens with two attached hydrogens (primary N) is 1. The molecule has 2 aromatic rings. The lowest BCUT2D eigenvalue weighted by Gasteiger charge is -2.34. The lowest BCUT2D eigenvalue weighted by molar-refractivity contribution is 0.366. The normalized spacial score (nSPS) is 23.4. The van der Waals surface area contributed by atoms with E-state index in [-0.39, 0.29) is 5.54 Å². The van der Waals surface area contributed by atoms with Crippen LogP contribution in [0.3, 0.4) is 0 Å². The SMILES string of the molecule is NC1(Cc2cscn2)CCc2ccccc2C1. The van der Waals surface area contributed by atoms with Gasteiger partial charge in [-0.15, -0.1) is 11.3 Å². The second kappa shape index (κ2) is 4.24. The zero-order valence-corrected chi connectivity index (χ0v) is 10.5. The Morgan fingerprint density at radius 3 is 2.88 bits per heavy atom. The van der Waals surface area contributed by atoms with E-state index < -0.39 is 0 Å². The number of thiazole rings is 1. The van der Waals surface area contributed by atoms with Crippen LogP contribution in [0.15, 0.2) is 35.2 Å². The second-order valence-electron chi connectivity index (χ2n) is 4.96. The molecule has 1 aliphatic rings. The van der Waals surface area contributed by atoms with E-state index in [1.807, 2.05) is 5.51 Å². The molecule has 2 nitrogen and oxygen atoms in total. The molecule has 0 spiro atoms. The molecule has 2 N–H and O–H groups in total. The zero-order chi connectivity index (χ0) is 11.7. The van der Waals surface area contributed by atoms with Crippen molar-refractivity contribution in [3.63, 3.8) is 0 Å². The molecule has 0 saturated carbocycles. The van der Waals surface area contributed by atoms with Crippen molar-refractivity contribution in [2.24, 2.45) is 5.73 Å². The third-order valence-corrected chi connectivity index (χ3v) is 4.21. The van der Waals surface area contributed by atoms with E-state index in [0.29, 0.717) is 0 Å². The van der Waals surface area contributed by atoms with Gasteiger partial charge < -0.3 is 5.73 Å². The topological polar surface area (TPSA) is 38.9 Å². The number of fused-ring (bicyclic) bond motifs is 1. The van der Waals surface area contributed by atoms with E-state index in [1.54, 1.807) is 11.3 Å². The van der Waals surface area contributed by atoms with Gasteiger partial charge in [0.05, 0.1) is 11.2 Å². The fourth-order valence-electron chi connectivity index (χ4n) is 2.66. The van der Waals surface area contributed by atoms with Crippen molar-refractivity contribution >= 4 is 11.3 Å². The van der Waals surface area contributed by atoms with Gasteiger partial charge in [-0.1, -0.05) is 24.3 Å². The van der Waals surface area contributed by atoms with Gasteiger partial charge in [0.15, 0.2) is 0 Å². The van der Waals surface area contributed by atoms with Crippen molar-refractivity contribution in [1.29, 1.82) is 0 Å². The van der Waals surface area contributed by atoms with E-state index in [0.717, 1.165) is 31.4 Å². The zero-order valence-electron chi connectivity index (χ0n) is 9.73. The molecule has 1 aromatic heterocycles. The molecule has 1 heterocycles. The summed E-state index contributed by atoms with van der Waals surface area (Å²) in [5.41, 5.74) is 12.3. The lowest BCUT2D eigenvalue weighted by Crippen LogP contribution is -2.47. The molecular weight excluding hydrogens is 228 g/mol. The number of hydrogen-bond donors (Lipinski definition) is 1. The molecule has 0 amide bonds. The number of aryl methyl sites for hydroxylation is 1. The molecule has 0 saturated heterocycles.